The monoisotopic (exact) mass is 350 g/mol. The van der Waals surface area contributed by atoms with Crippen molar-refractivity contribution in [2.45, 2.75) is 13.8 Å². The second kappa shape index (κ2) is 5.96. The normalized spacial score (nSPS) is 10.2. The molecule has 2 aromatic rings. The molecule has 1 aromatic carbocycles. The second-order valence-corrected chi connectivity index (χ2v) is 5.21. The van der Waals surface area contributed by atoms with E-state index in [1.54, 1.807) is 19.9 Å². The van der Waals surface area contributed by atoms with Crippen molar-refractivity contribution in [2.75, 3.05) is 5.32 Å². The predicted octanol–water partition coefficient (Wildman–Crippen LogP) is 3.02. The smallest absolute Gasteiger partial charge is 0.284 e. The van der Waals surface area contributed by atoms with Crippen molar-refractivity contribution in [1.29, 1.82) is 0 Å². The van der Waals surface area contributed by atoms with Crippen LogP contribution >= 0.6 is 15.9 Å². The molecule has 108 valence electrons. The molecule has 0 aliphatic carbocycles. The van der Waals surface area contributed by atoms with E-state index >= 15 is 0 Å². The van der Waals surface area contributed by atoms with E-state index in [-0.39, 0.29) is 17.2 Å². The Balaban J connectivity index is 2.28. The second-order valence-electron chi connectivity index (χ2n) is 4.35. The maximum atomic E-state index is 12.1. The van der Waals surface area contributed by atoms with Gasteiger partial charge in [0.15, 0.2) is 0 Å². The van der Waals surface area contributed by atoms with Crippen LogP contribution < -0.4 is 5.32 Å². The molecule has 0 bridgehead atoms. The highest BCUT2D eigenvalue weighted by molar-refractivity contribution is 9.10. The van der Waals surface area contributed by atoms with Gasteiger partial charge in [-0.1, -0.05) is 0 Å². The number of hydrogen-bond donors (Lipinski definition) is 1. The third kappa shape index (κ3) is 3.60. The van der Waals surface area contributed by atoms with Gasteiger partial charge < -0.3 is 0 Å². The van der Waals surface area contributed by atoms with Gasteiger partial charge in [-0.3, -0.25) is 20.2 Å². The molecule has 2 rings (SSSR count). The third-order valence-corrected chi connectivity index (χ3v) is 3.28. The average molecular weight is 351 g/mol. The molecule has 0 spiro atoms. The fourth-order valence-electron chi connectivity index (χ4n) is 1.75. The van der Waals surface area contributed by atoms with Crippen molar-refractivity contribution in [3.8, 4) is 0 Å². The van der Waals surface area contributed by atoms with Gasteiger partial charge in [-0.25, -0.2) is 9.97 Å². The van der Waals surface area contributed by atoms with E-state index in [9.17, 15) is 14.9 Å². The zero-order valence-electron chi connectivity index (χ0n) is 11.3. The van der Waals surface area contributed by atoms with Crippen LogP contribution in [0.1, 0.15) is 21.7 Å². The van der Waals surface area contributed by atoms with Crippen LogP contribution in [0.5, 0.6) is 0 Å². The van der Waals surface area contributed by atoms with Crippen LogP contribution in [0.25, 0.3) is 0 Å². The molecule has 0 aliphatic rings. The number of anilines is 1. The van der Waals surface area contributed by atoms with Crippen LogP contribution in [-0.2, 0) is 0 Å². The fourth-order valence-corrected chi connectivity index (χ4v) is 2.14. The van der Waals surface area contributed by atoms with Gasteiger partial charge in [-0.2, -0.15) is 0 Å². The van der Waals surface area contributed by atoms with Crippen LogP contribution in [0.4, 0.5) is 11.6 Å². The first kappa shape index (κ1) is 15.0. The van der Waals surface area contributed by atoms with Crippen LogP contribution in [-0.4, -0.2) is 20.8 Å². The van der Waals surface area contributed by atoms with E-state index in [0.29, 0.717) is 4.47 Å². The molecule has 0 radical (unpaired) electrons. The van der Waals surface area contributed by atoms with Crippen molar-refractivity contribution in [3.05, 3.63) is 55.8 Å². The molecule has 8 heteroatoms. The Hall–Kier alpha value is -2.35. The van der Waals surface area contributed by atoms with Crippen LogP contribution in [0.2, 0.25) is 0 Å². The Bertz CT molecular complexity index is 713. The molecule has 0 fully saturated rings. The van der Waals surface area contributed by atoms with Gasteiger partial charge in [0, 0.05) is 23.0 Å². The van der Waals surface area contributed by atoms with Gasteiger partial charge >= 0.3 is 0 Å². The van der Waals surface area contributed by atoms with Gasteiger partial charge in [0.1, 0.15) is 0 Å². The number of nitrogens with one attached hydrogen (secondary N) is 1. The van der Waals surface area contributed by atoms with Crippen molar-refractivity contribution in [1.82, 2.24) is 9.97 Å². The summed E-state index contributed by atoms with van der Waals surface area (Å²) in [7, 11) is 0. The number of carbonyl (C=O) groups is 1. The number of benzene rings is 1. The van der Waals surface area contributed by atoms with E-state index in [2.05, 4.69) is 31.2 Å². The van der Waals surface area contributed by atoms with Crippen LogP contribution in [0, 0.1) is 24.0 Å². The first-order chi connectivity index (χ1) is 9.86. The number of rotatable bonds is 3. The molecular formula is C13H11BrN4O3. The van der Waals surface area contributed by atoms with Gasteiger partial charge in [0.05, 0.1) is 9.40 Å². The lowest BCUT2D eigenvalue weighted by Gasteiger charge is -2.06. The van der Waals surface area contributed by atoms with Crippen molar-refractivity contribution in [2.24, 2.45) is 0 Å². The zero-order chi connectivity index (χ0) is 15.6. The highest BCUT2D eigenvalue weighted by Crippen LogP contribution is 2.25. The topological polar surface area (TPSA) is 98.0 Å². The molecule has 1 heterocycles. The Morgan fingerprint density at radius 1 is 1.24 bits per heavy atom. The molecule has 21 heavy (non-hydrogen) atoms. The number of aromatic nitrogens is 2. The summed E-state index contributed by atoms with van der Waals surface area (Å²) in [5.41, 5.74) is 1.43. The number of carbonyl (C=O) groups excluding carboxylic acids is 1. The largest absolute Gasteiger partial charge is 0.290 e. The van der Waals surface area contributed by atoms with Gasteiger partial charge in [-0.15, -0.1) is 0 Å². The maximum absolute atomic E-state index is 12.1. The number of nitrogens with zero attached hydrogens (tertiary/aromatic N) is 3. The van der Waals surface area contributed by atoms with E-state index in [1.807, 2.05) is 0 Å². The minimum atomic E-state index is -0.561. The third-order valence-electron chi connectivity index (χ3n) is 2.61. The summed E-state index contributed by atoms with van der Waals surface area (Å²) in [6.07, 6.45) is 0. The summed E-state index contributed by atoms with van der Waals surface area (Å²) < 4.78 is 0.312. The quantitative estimate of drug-likeness (QED) is 0.677. The summed E-state index contributed by atoms with van der Waals surface area (Å²) in [6.45, 7) is 3.57. The number of amides is 1. The molecule has 0 saturated heterocycles. The van der Waals surface area contributed by atoms with Gasteiger partial charge in [0.2, 0.25) is 5.95 Å². The predicted molar refractivity (Wildman–Crippen MR) is 80.3 cm³/mol. The Kier molecular flexibility index (Phi) is 4.27. The molecule has 7 nitrogen and oxygen atoms in total. The van der Waals surface area contributed by atoms with E-state index in [1.165, 1.54) is 18.2 Å². The van der Waals surface area contributed by atoms with E-state index < -0.39 is 10.8 Å². The standard InChI is InChI=1S/C13H11BrN4O3/c1-7-5-8(2)16-13(15-7)17-12(19)9-3-4-10(14)11(6-9)18(20)21/h3-6H,1-2H3,(H,15,16,17,19). The summed E-state index contributed by atoms with van der Waals surface area (Å²) in [5.74, 6) is -0.335. The van der Waals surface area contributed by atoms with Crippen molar-refractivity contribution >= 4 is 33.5 Å². The lowest BCUT2D eigenvalue weighted by atomic mass is 10.2. The summed E-state index contributed by atoms with van der Waals surface area (Å²) in [6, 6.07) is 5.91. The zero-order valence-corrected chi connectivity index (χ0v) is 12.8. The molecule has 0 atom stereocenters. The molecule has 0 unspecified atom stereocenters. The SMILES string of the molecule is Cc1cc(C)nc(NC(=O)c2ccc(Br)c([N+](=O)[O-])c2)n1. The number of nitro benzene ring substituents is 1. The van der Waals surface area contributed by atoms with Gasteiger partial charge in [-0.05, 0) is 48.0 Å². The molecule has 0 aliphatic heterocycles. The number of hydrogen-bond acceptors (Lipinski definition) is 5. The highest BCUT2D eigenvalue weighted by atomic mass is 79.9. The Labute approximate surface area is 128 Å². The van der Waals surface area contributed by atoms with Crippen LogP contribution in [0.15, 0.2) is 28.7 Å². The minimum absolute atomic E-state index is 0.160. The first-order valence-corrected chi connectivity index (χ1v) is 6.73. The molecule has 0 saturated carbocycles. The number of aryl methyl sites for hydroxylation is 2. The summed E-state index contributed by atoms with van der Waals surface area (Å²) in [5, 5.41) is 13.4. The summed E-state index contributed by atoms with van der Waals surface area (Å²) in [4.78, 5) is 30.6. The van der Waals surface area contributed by atoms with Crippen molar-refractivity contribution in [3.63, 3.8) is 0 Å². The lowest BCUT2D eigenvalue weighted by molar-refractivity contribution is -0.385. The fraction of sp³-hybridized carbons (Fsp3) is 0.154. The number of halogens is 1. The Morgan fingerprint density at radius 2 is 1.86 bits per heavy atom. The average Bonchev–Trinajstić information content (AvgIpc) is 2.37. The Morgan fingerprint density at radius 3 is 2.43 bits per heavy atom. The van der Waals surface area contributed by atoms with Gasteiger partial charge in [0.25, 0.3) is 11.6 Å². The minimum Gasteiger partial charge on any atom is -0.290 e. The summed E-state index contributed by atoms with van der Waals surface area (Å²) >= 11 is 3.07. The lowest BCUT2D eigenvalue weighted by Crippen LogP contribution is -2.15. The van der Waals surface area contributed by atoms with E-state index in [4.69, 9.17) is 0 Å². The van der Waals surface area contributed by atoms with Crippen LogP contribution in [0.3, 0.4) is 0 Å². The highest BCUT2D eigenvalue weighted by Gasteiger charge is 2.16. The molecule has 1 N–H and O–H groups in total. The first-order valence-electron chi connectivity index (χ1n) is 5.94. The molecular weight excluding hydrogens is 340 g/mol. The number of nitro groups is 1. The maximum Gasteiger partial charge on any atom is 0.284 e. The van der Waals surface area contributed by atoms with E-state index in [0.717, 1.165) is 11.4 Å². The molecule has 1 amide bonds. The van der Waals surface area contributed by atoms with Crippen molar-refractivity contribution < 1.29 is 9.72 Å². The molecule has 1 aromatic heterocycles.